The topological polar surface area (TPSA) is 90.0 Å². The molecule has 0 unspecified atom stereocenters. The Morgan fingerprint density at radius 1 is 1.03 bits per heavy atom. The first-order valence-electron chi connectivity index (χ1n) is 12.0. The number of hydrogen-bond acceptors (Lipinski definition) is 4. The fourth-order valence-corrected chi connectivity index (χ4v) is 5.15. The number of carbonyl (C=O) groups is 2. The molecule has 37 heavy (non-hydrogen) atoms. The summed E-state index contributed by atoms with van der Waals surface area (Å²) in [7, 11) is -1.22. The molecule has 0 radical (unpaired) electrons. The normalized spacial score (nSPS) is 13.2. The summed E-state index contributed by atoms with van der Waals surface area (Å²) in [5.74, 6) is -0.898. The summed E-state index contributed by atoms with van der Waals surface area (Å²) < 4.78 is 28.8. The number of halogens is 2. The van der Waals surface area contributed by atoms with Crippen LogP contribution in [0.5, 0.6) is 0 Å². The Bertz CT molecular complexity index is 1240. The van der Waals surface area contributed by atoms with Crippen LogP contribution in [0.25, 0.3) is 0 Å². The van der Waals surface area contributed by atoms with Gasteiger partial charge in [0.15, 0.2) is 0 Å². The first-order valence-corrected chi connectivity index (χ1v) is 14.2. The molecule has 0 fully saturated rings. The summed E-state index contributed by atoms with van der Waals surface area (Å²) in [5, 5.41) is 3.67. The third-order valence-corrected chi connectivity index (χ3v) is 8.57. The zero-order valence-electron chi connectivity index (χ0n) is 22.4. The molecule has 0 heterocycles. The van der Waals surface area contributed by atoms with Crippen LogP contribution in [-0.2, 0) is 26.3 Å². The van der Waals surface area contributed by atoms with Gasteiger partial charge in [-0.3, -0.25) is 9.59 Å². The SMILES string of the molecule is CC[C@H](C)NC(=O)[C@H](C)N(Cc1ccc(Cl)cc1Cl)C(=O)CN(c1cc(C)ccc1C)S(=O)(=O)N(C)C. The van der Waals surface area contributed by atoms with Crippen molar-refractivity contribution in [3.05, 3.63) is 63.1 Å². The van der Waals surface area contributed by atoms with Crippen molar-refractivity contribution < 1.29 is 18.0 Å². The molecular weight excluding hydrogens is 535 g/mol. The van der Waals surface area contributed by atoms with E-state index in [-0.39, 0.29) is 18.5 Å². The molecule has 1 N–H and O–H groups in total. The second-order valence-corrected chi connectivity index (χ2v) is 12.2. The van der Waals surface area contributed by atoms with E-state index in [4.69, 9.17) is 23.2 Å². The molecule has 0 bridgehead atoms. The lowest BCUT2D eigenvalue weighted by atomic mass is 10.1. The minimum Gasteiger partial charge on any atom is -0.352 e. The summed E-state index contributed by atoms with van der Waals surface area (Å²) in [5.41, 5.74) is 2.51. The Kier molecular flexibility index (Phi) is 10.8. The molecule has 0 spiro atoms. The molecule has 0 saturated heterocycles. The molecule has 2 atom stereocenters. The molecule has 0 saturated carbocycles. The van der Waals surface area contributed by atoms with E-state index in [0.29, 0.717) is 26.9 Å². The van der Waals surface area contributed by atoms with E-state index in [1.54, 1.807) is 44.2 Å². The molecule has 2 aromatic rings. The highest BCUT2D eigenvalue weighted by molar-refractivity contribution is 7.90. The predicted octanol–water partition coefficient (Wildman–Crippen LogP) is 4.56. The second-order valence-electron chi connectivity index (χ2n) is 9.34. The summed E-state index contributed by atoms with van der Waals surface area (Å²) in [6.07, 6.45) is 0.719. The lowest BCUT2D eigenvalue weighted by Crippen LogP contribution is -2.53. The summed E-state index contributed by atoms with van der Waals surface area (Å²) >= 11 is 12.4. The highest BCUT2D eigenvalue weighted by Crippen LogP contribution is 2.27. The van der Waals surface area contributed by atoms with Gasteiger partial charge in [-0.15, -0.1) is 0 Å². The standard InChI is InChI=1S/C26H36Cl2N4O4S/c1-8-19(4)29-26(34)20(5)31(15-21-11-12-22(27)14-23(21)28)25(33)16-32(37(35,36)30(6)7)24-13-17(2)9-10-18(24)3/h9-14,19-20H,8,15-16H2,1-7H3,(H,29,34)/t19-,20-/m0/s1. The summed E-state index contributed by atoms with van der Waals surface area (Å²) in [6, 6.07) is 9.31. The van der Waals surface area contributed by atoms with Crippen molar-refractivity contribution in [1.29, 1.82) is 0 Å². The maximum absolute atomic E-state index is 13.8. The number of amides is 2. The Balaban J connectivity index is 2.54. The molecule has 204 valence electrons. The number of nitrogens with one attached hydrogen (secondary N) is 1. The van der Waals surface area contributed by atoms with Gasteiger partial charge in [0.2, 0.25) is 11.8 Å². The molecular formula is C26H36Cl2N4O4S. The first-order chi connectivity index (χ1) is 17.2. The molecule has 8 nitrogen and oxygen atoms in total. The maximum atomic E-state index is 13.8. The molecule has 2 aromatic carbocycles. The number of aryl methyl sites for hydroxylation is 2. The van der Waals surface area contributed by atoms with Crippen LogP contribution in [0.3, 0.4) is 0 Å². The van der Waals surface area contributed by atoms with E-state index >= 15 is 0 Å². The number of benzene rings is 2. The molecule has 11 heteroatoms. The van der Waals surface area contributed by atoms with Crippen LogP contribution in [0.2, 0.25) is 10.0 Å². The number of rotatable bonds is 11. The average Bonchev–Trinajstić information content (AvgIpc) is 2.82. The van der Waals surface area contributed by atoms with E-state index in [0.717, 1.165) is 20.6 Å². The van der Waals surface area contributed by atoms with Crippen LogP contribution < -0.4 is 9.62 Å². The van der Waals surface area contributed by atoms with E-state index in [9.17, 15) is 18.0 Å². The number of anilines is 1. The van der Waals surface area contributed by atoms with Crippen LogP contribution in [0.1, 0.15) is 43.9 Å². The van der Waals surface area contributed by atoms with Gasteiger partial charge in [-0.25, -0.2) is 4.31 Å². The van der Waals surface area contributed by atoms with Gasteiger partial charge in [-0.05, 0) is 69.0 Å². The zero-order valence-corrected chi connectivity index (χ0v) is 24.7. The van der Waals surface area contributed by atoms with E-state index in [2.05, 4.69) is 5.32 Å². The molecule has 0 aliphatic carbocycles. The van der Waals surface area contributed by atoms with Crippen molar-refractivity contribution >= 4 is 50.9 Å². The highest BCUT2D eigenvalue weighted by atomic mass is 35.5. The minimum absolute atomic E-state index is 0.00736. The van der Waals surface area contributed by atoms with Crippen LogP contribution in [0.15, 0.2) is 36.4 Å². The average molecular weight is 572 g/mol. The van der Waals surface area contributed by atoms with Crippen molar-refractivity contribution in [2.24, 2.45) is 0 Å². The molecule has 2 amide bonds. The van der Waals surface area contributed by atoms with Gasteiger partial charge in [0, 0.05) is 36.7 Å². The summed E-state index contributed by atoms with van der Waals surface area (Å²) in [6.45, 7) is 8.55. The second kappa shape index (κ2) is 13.0. The lowest BCUT2D eigenvalue weighted by Gasteiger charge is -2.34. The van der Waals surface area contributed by atoms with Crippen LogP contribution >= 0.6 is 23.2 Å². The Labute approximate surface area is 230 Å². The van der Waals surface area contributed by atoms with Gasteiger partial charge < -0.3 is 10.2 Å². The Morgan fingerprint density at radius 2 is 1.68 bits per heavy atom. The van der Waals surface area contributed by atoms with Gasteiger partial charge in [0.25, 0.3) is 0 Å². The molecule has 0 aliphatic rings. The highest BCUT2D eigenvalue weighted by Gasteiger charge is 2.33. The van der Waals surface area contributed by atoms with E-state index in [1.807, 2.05) is 26.8 Å². The van der Waals surface area contributed by atoms with Crippen LogP contribution in [0.4, 0.5) is 5.69 Å². The maximum Gasteiger partial charge on any atom is 0.304 e. The van der Waals surface area contributed by atoms with E-state index < -0.39 is 28.7 Å². The number of nitrogens with zero attached hydrogens (tertiary/aromatic N) is 3. The molecule has 2 rings (SSSR count). The van der Waals surface area contributed by atoms with Crippen molar-refractivity contribution in [2.45, 2.75) is 59.7 Å². The van der Waals surface area contributed by atoms with Gasteiger partial charge in [0.05, 0.1) is 5.69 Å². The van der Waals surface area contributed by atoms with E-state index in [1.165, 1.54) is 19.0 Å². The van der Waals surface area contributed by atoms with Gasteiger partial charge in [0.1, 0.15) is 12.6 Å². The van der Waals surface area contributed by atoms with Crippen molar-refractivity contribution in [2.75, 3.05) is 24.9 Å². The minimum atomic E-state index is -4.04. The predicted molar refractivity (Wildman–Crippen MR) is 150 cm³/mol. The van der Waals surface area contributed by atoms with Crippen molar-refractivity contribution in [3.63, 3.8) is 0 Å². The lowest BCUT2D eigenvalue weighted by molar-refractivity contribution is -0.139. The fraction of sp³-hybridized carbons (Fsp3) is 0.462. The van der Waals surface area contributed by atoms with Crippen LogP contribution in [0, 0.1) is 13.8 Å². The molecule has 0 aromatic heterocycles. The van der Waals surface area contributed by atoms with Gasteiger partial charge >= 0.3 is 10.2 Å². The summed E-state index contributed by atoms with van der Waals surface area (Å²) in [4.78, 5) is 28.2. The Morgan fingerprint density at radius 3 is 2.24 bits per heavy atom. The van der Waals surface area contributed by atoms with Gasteiger partial charge in [-0.2, -0.15) is 12.7 Å². The largest absolute Gasteiger partial charge is 0.352 e. The number of carbonyl (C=O) groups excluding carboxylic acids is 2. The van der Waals surface area contributed by atoms with Crippen molar-refractivity contribution in [1.82, 2.24) is 14.5 Å². The fourth-order valence-electron chi connectivity index (χ4n) is 3.57. The molecule has 0 aliphatic heterocycles. The Hall–Kier alpha value is -2.33. The first kappa shape index (κ1) is 30.9. The zero-order chi connectivity index (χ0) is 28.1. The third-order valence-electron chi connectivity index (χ3n) is 6.18. The number of hydrogen-bond donors (Lipinski definition) is 1. The van der Waals surface area contributed by atoms with Crippen LogP contribution in [-0.4, -0.2) is 62.2 Å². The van der Waals surface area contributed by atoms with Crippen molar-refractivity contribution in [3.8, 4) is 0 Å². The smallest absolute Gasteiger partial charge is 0.304 e. The third kappa shape index (κ3) is 7.83. The van der Waals surface area contributed by atoms with Gasteiger partial charge in [-0.1, -0.05) is 48.3 Å². The monoisotopic (exact) mass is 570 g/mol. The quantitative estimate of drug-likeness (QED) is 0.429.